The fourth-order valence-corrected chi connectivity index (χ4v) is 5.60. The summed E-state index contributed by atoms with van der Waals surface area (Å²) >= 11 is 1.44. The fraction of sp³-hybridized carbons (Fsp3) is 0.857. The molecule has 1 aliphatic carbocycles. The molecule has 1 heterocycles. The molecule has 1 aliphatic heterocycles. The monoisotopic (exact) mass is 364 g/mol. The molecule has 1 amide bonds. The zero-order valence-corrected chi connectivity index (χ0v) is 14.8. The van der Waals surface area contributed by atoms with Gasteiger partial charge in [0, 0.05) is 11.8 Å². The normalized spacial score (nSPS) is 31.7. The average Bonchev–Trinajstić information content (AvgIpc) is 2.90. The molecule has 9 heteroatoms. The van der Waals surface area contributed by atoms with Crippen molar-refractivity contribution in [2.75, 3.05) is 17.3 Å². The van der Waals surface area contributed by atoms with Crippen LogP contribution >= 0.6 is 11.8 Å². The van der Waals surface area contributed by atoms with Crippen molar-refractivity contribution >= 4 is 33.7 Å². The molecule has 23 heavy (non-hydrogen) atoms. The standard InChI is InChI=1S/C14H24N2O5S2/c1-10-2-4-11(5-3-10)16-23(20,21)8-12(17)15-14(13(18)19)6-7-22-9-14/h10-11,16H,2-9H2,1H3,(H,15,17)(H,18,19). The van der Waals surface area contributed by atoms with Crippen molar-refractivity contribution in [2.45, 2.75) is 50.6 Å². The summed E-state index contributed by atoms with van der Waals surface area (Å²) in [5.41, 5.74) is -1.34. The SMILES string of the molecule is CC1CCC(NS(=O)(=O)CC(=O)NC2(C(=O)O)CCSC2)CC1. The van der Waals surface area contributed by atoms with E-state index in [0.29, 0.717) is 18.1 Å². The second kappa shape index (κ2) is 7.40. The number of hydrogen-bond acceptors (Lipinski definition) is 5. The Morgan fingerprint density at radius 1 is 1.26 bits per heavy atom. The third-order valence-corrected chi connectivity index (χ3v) is 7.02. The van der Waals surface area contributed by atoms with E-state index in [0.717, 1.165) is 25.7 Å². The van der Waals surface area contributed by atoms with Crippen LogP contribution in [-0.4, -0.2) is 54.2 Å². The summed E-state index contributed by atoms with van der Waals surface area (Å²) < 4.78 is 26.8. The number of carboxylic acids is 1. The lowest BCUT2D eigenvalue weighted by molar-refractivity contribution is -0.146. The Morgan fingerprint density at radius 2 is 1.91 bits per heavy atom. The van der Waals surface area contributed by atoms with E-state index in [1.165, 1.54) is 11.8 Å². The van der Waals surface area contributed by atoms with E-state index in [2.05, 4.69) is 17.0 Å². The van der Waals surface area contributed by atoms with Gasteiger partial charge in [0.05, 0.1) is 0 Å². The fourth-order valence-electron chi connectivity index (χ4n) is 3.03. The van der Waals surface area contributed by atoms with E-state index < -0.39 is 33.2 Å². The van der Waals surface area contributed by atoms with Crippen LogP contribution in [0.1, 0.15) is 39.0 Å². The number of carbonyl (C=O) groups excluding carboxylic acids is 1. The second-order valence-corrected chi connectivity index (χ2v) is 9.43. The number of aliphatic carboxylic acids is 1. The quantitative estimate of drug-likeness (QED) is 0.635. The van der Waals surface area contributed by atoms with Gasteiger partial charge < -0.3 is 10.4 Å². The zero-order chi connectivity index (χ0) is 17.1. The third kappa shape index (κ3) is 5.09. The number of amides is 1. The molecular formula is C14H24N2O5S2. The molecule has 3 N–H and O–H groups in total. The number of nitrogens with one attached hydrogen (secondary N) is 2. The van der Waals surface area contributed by atoms with Crippen LogP contribution in [0.3, 0.4) is 0 Å². The van der Waals surface area contributed by atoms with Gasteiger partial charge in [-0.2, -0.15) is 11.8 Å². The maximum absolute atomic E-state index is 12.1. The molecule has 2 rings (SSSR count). The van der Waals surface area contributed by atoms with Crippen molar-refractivity contribution in [1.82, 2.24) is 10.0 Å². The Labute approximate surface area is 141 Å². The Bertz CT molecular complexity index is 550. The van der Waals surface area contributed by atoms with Gasteiger partial charge in [0.2, 0.25) is 15.9 Å². The minimum atomic E-state index is -3.75. The highest BCUT2D eigenvalue weighted by Gasteiger charge is 2.43. The second-order valence-electron chi connectivity index (χ2n) is 6.57. The molecule has 0 bridgehead atoms. The average molecular weight is 364 g/mol. The van der Waals surface area contributed by atoms with Crippen LogP contribution in [-0.2, 0) is 19.6 Å². The largest absolute Gasteiger partial charge is 0.479 e. The first-order chi connectivity index (χ1) is 10.7. The Hall–Kier alpha value is -0.800. The zero-order valence-electron chi connectivity index (χ0n) is 13.2. The van der Waals surface area contributed by atoms with E-state index in [1.807, 2.05) is 0 Å². The molecule has 0 radical (unpaired) electrons. The molecular weight excluding hydrogens is 340 g/mol. The first-order valence-electron chi connectivity index (χ1n) is 7.85. The van der Waals surface area contributed by atoms with Gasteiger partial charge in [-0.05, 0) is 43.8 Å². The smallest absolute Gasteiger partial charge is 0.330 e. The van der Waals surface area contributed by atoms with E-state index >= 15 is 0 Å². The highest BCUT2D eigenvalue weighted by Crippen LogP contribution is 2.28. The molecule has 132 valence electrons. The Balaban J connectivity index is 1.89. The summed E-state index contributed by atoms with van der Waals surface area (Å²) in [6, 6.07) is -0.125. The summed E-state index contributed by atoms with van der Waals surface area (Å²) in [5.74, 6) is -1.08. The first-order valence-corrected chi connectivity index (χ1v) is 10.7. The predicted octanol–water partition coefficient (Wildman–Crippen LogP) is 0.561. The van der Waals surface area contributed by atoms with Crippen LogP contribution < -0.4 is 10.0 Å². The van der Waals surface area contributed by atoms with Gasteiger partial charge in [-0.1, -0.05) is 6.92 Å². The molecule has 1 unspecified atom stereocenters. The maximum atomic E-state index is 12.1. The number of thioether (sulfide) groups is 1. The predicted molar refractivity (Wildman–Crippen MR) is 88.8 cm³/mol. The molecule has 0 aromatic carbocycles. The summed E-state index contributed by atoms with van der Waals surface area (Å²) in [4.78, 5) is 23.4. The van der Waals surface area contributed by atoms with Crippen molar-refractivity contribution in [1.29, 1.82) is 0 Å². The topological polar surface area (TPSA) is 113 Å². The van der Waals surface area contributed by atoms with Crippen molar-refractivity contribution in [3.63, 3.8) is 0 Å². The van der Waals surface area contributed by atoms with Gasteiger partial charge in [-0.15, -0.1) is 0 Å². The van der Waals surface area contributed by atoms with Crippen molar-refractivity contribution < 1.29 is 23.1 Å². The molecule has 1 saturated heterocycles. The summed E-state index contributed by atoms with van der Waals surface area (Å²) in [7, 11) is -3.75. The lowest BCUT2D eigenvalue weighted by atomic mass is 9.88. The van der Waals surface area contributed by atoms with Crippen LogP contribution in [0.5, 0.6) is 0 Å². The van der Waals surface area contributed by atoms with Crippen LogP contribution in [0.2, 0.25) is 0 Å². The summed E-state index contributed by atoms with van der Waals surface area (Å²) in [6.45, 7) is 2.14. The van der Waals surface area contributed by atoms with Crippen LogP contribution in [0, 0.1) is 5.92 Å². The lowest BCUT2D eigenvalue weighted by Crippen LogP contribution is -2.56. The van der Waals surface area contributed by atoms with E-state index in [1.54, 1.807) is 0 Å². The minimum Gasteiger partial charge on any atom is -0.479 e. The number of rotatable bonds is 6. The number of carbonyl (C=O) groups is 2. The molecule has 7 nitrogen and oxygen atoms in total. The molecule has 2 fully saturated rings. The maximum Gasteiger partial charge on any atom is 0.330 e. The highest BCUT2D eigenvalue weighted by atomic mass is 32.2. The van der Waals surface area contributed by atoms with Crippen LogP contribution in [0.15, 0.2) is 0 Å². The van der Waals surface area contributed by atoms with Crippen molar-refractivity contribution in [3.05, 3.63) is 0 Å². The Kier molecular flexibility index (Phi) is 5.96. The van der Waals surface area contributed by atoms with Gasteiger partial charge in [-0.3, -0.25) is 4.79 Å². The molecule has 1 atom stereocenters. The number of carboxylic acid groups (broad SMARTS) is 1. The third-order valence-electron chi connectivity index (χ3n) is 4.49. The molecule has 0 aromatic heterocycles. The number of sulfonamides is 1. The van der Waals surface area contributed by atoms with E-state index in [9.17, 15) is 23.1 Å². The molecule has 1 saturated carbocycles. The van der Waals surface area contributed by atoms with Crippen LogP contribution in [0.25, 0.3) is 0 Å². The molecule has 0 spiro atoms. The van der Waals surface area contributed by atoms with Gasteiger partial charge in [0.15, 0.2) is 0 Å². The van der Waals surface area contributed by atoms with E-state index in [-0.39, 0.29) is 11.8 Å². The van der Waals surface area contributed by atoms with Gasteiger partial charge in [0.25, 0.3) is 0 Å². The van der Waals surface area contributed by atoms with Gasteiger partial charge >= 0.3 is 5.97 Å². The molecule has 0 aromatic rings. The number of hydrogen-bond donors (Lipinski definition) is 3. The minimum absolute atomic E-state index is 0.125. The van der Waals surface area contributed by atoms with E-state index in [4.69, 9.17) is 0 Å². The van der Waals surface area contributed by atoms with Crippen LogP contribution in [0.4, 0.5) is 0 Å². The van der Waals surface area contributed by atoms with Crippen molar-refractivity contribution in [2.24, 2.45) is 5.92 Å². The van der Waals surface area contributed by atoms with Gasteiger partial charge in [-0.25, -0.2) is 17.9 Å². The van der Waals surface area contributed by atoms with Crippen molar-refractivity contribution in [3.8, 4) is 0 Å². The van der Waals surface area contributed by atoms with Gasteiger partial charge in [0.1, 0.15) is 11.3 Å². The molecule has 2 aliphatic rings. The summed E-state index contributed by atoms with van der Waals surface area (Å²) in [6.07, 6.45) is 3.81. The Morgan fingerprint density at radius 3 is 2.43 bits per heavy atom. The first kappa shape index (κ1) is 18.5. The lowest BCUT2D eigenvalue weighted by Gasteiger charge is -2.27. The highest BCUT2D eigenvalue weighted by molar-refractivity contribution is 7.99. The summed E-state index contributed by atoms with van der Waals surface area (Å²) in [5, 5.41) is 11.7.